The van der Waals surface area contributed by atoms with Gasteiger partial charge in [0, 0.05) is 30.1 Å². The quantitative estimate of drug-likeness (QED) is 0.704. The Bertz CT molecular complexity index is 471. The topological polar surface area (TPSA) is 20.3 Å². The Morgan fingerprint density at radius 3 is 2.35 bits per heavy atom. The van der Waals surface area contributed by atoms with Crippen LogP contribution in [0, 0.1) is 11.3 Å². The van der Waals surface area contributed by atoms with Crippen LogP contribution in [0.4, 0.5) is 0 Å². The van der Waals surface area contributed by atoms with Gasteiger partial charge in [-0.15, -0.1) is 0 Å². The summed E-state index contributed by atoms with van der Waals surface area (Å²) in [6.45, 7) is 6.31. The molecule has 2 saturated carbocycles. The Labute approximate surface area is 122 Å². The Balaban J connectivity index is 1.68. The largest absolute Gasteiger partial charge is 0.299 e. The van der Waals surface area contributed by atoms with Crippen molar-refractivity contribution in [2.75, 3.05) is 13.1 Å². The van der Waals surface area contributed by atoms with Crippen molar-refractivity contribution >= 4 is 5.78 Å². The molecule has 0 bridgehead atoms. The van der Waals surface area contributed by atoms with Crippen LogP contribution in [0.15, 0.2) is 30.3 Å². The van der Waals surface area contributed by atoms with Crippen LogP contribution in [0.5, 0.6) is 0 Å². The van der Waals surface area contributed by atoms with Gasteiger partial charge in [-0.1, -0.05) is 44.2 Å². The molecule has 0 saturated heterocycles. The van der Waals surface area contributed by atoms with Crippen LogP contribution >= 0.6 is 0 Å². The van der Waals surface area contributed by atoms with Crippen molar-refractivity contribution in [3.05, 3.63) is 35.9 Å². The molecule has 2 heteroatoms. The number of ketones is 1. The summed E-state index contributed by atoms with van der Waals surface area (Å²) in [5.74, 6) is 1.18. The third-order valence-electron chi connectivity index (χ3n) is 4.50. The van der Waals surface area contributed by atoms with E-state index in [0.29, 0.717) is 0 Å². The van der Waals surface area contributed by atoms with Crippen molar-refractivity contribution in [3.8, 4) is 0 Å². The molecule has 1 aromatic rings. The highest BCUT2D eigenvalue weighted by Gasteiger charge is 2.39. The zero-order valence-electron chi connectivity index (χ0n) is 12.6. The highest BCUT2D eigenvalue weighted by atomic mass is 16.1. The molecule has 108 valence electrons. The van der Waals surface area contributed by atoms with Crippen molar-refractivity contribution in [2.24, 2.45) is 11.3 Å². The maximum Gasteiger partial charge on any atom is 0.169 e. The van der Waals surface area contributed by atoms with Gasteiger partial charge in [-0.25, -0.2) is 0 Å². The molecule has 0 N–H and O–H groups in total. The fraction of sp³-hybridized carbons (Fsp3) is 0.611. The second-order valence-electron chi connectivity index (χ2n) is 7.18. The molecule has 0 aromatic heterocycles. The zero-order valence-corrected chi connectivity index (χ0v) is 12.6. The van der Waals surface area contributed by atoms with Crippen LogP contribution in [0.3, 0.4) is 0 Å². The van der Waals surface area contributed by atoms with Crippen molar-refractivity contribution in [2.45, 2.75) is 45.6 Å². The molecule has 0 spiro atoms. The number of hydrogen-bond donors (Lipinski definition) is 0. The summed E-state index contributed by atoms with van der Waals surface area (Å²) >= 11 is 0. The van der Waals surface area contributed by atoms with Crippen molar-refractivity contribution < 1.29 is 4.79 Å². The van der Waals surface area contributed by atoms with Gasteiger partial charge < -0.3 is 0 Å². The fourth-order valence-corrected chi connectivity index (χ4v) is 2.97. The van der Waals surface area contributed by atoms with E-state index in [2.05, 4.69) is 18.7 Å². The number of Topliss-reactive ketones (excluding diaryl/α,β-unsaturated/α-hetero) is 1. The molecule has 1 aromatic carbocycles. The number of nitrogens with zero attached hydrogens (tertiary/aromatic N) is 1. The van der Waals surface area contributed by atoms with E-state index in [1.54, 1.807) is 0 Å². The Kier molecular flexibility index (Phi) is 3.68. The van der Waals surface area contributed by atoms with Gasteiger partial charge in [-0.3, -0.25) is 9.69 Å². The minimum Gasteiger partial charge on any atom is -0.299 e. The summed E-state index contributed by atoms with van der Waals surface area (Å²) in [5.41, 5.74) is 0.554. The van der Waals surface area contributed by atoms with E-state index in [4.69, 9.17) is 0 Å². The third-order valence-corrected chi connectivity index (χ3v) is 4.50. The molecule has 0 unspecified atom stereocenters. The molecule has 3 rings (SSSR count). The van der Waals surface area contributed by atoms with Crippen molar-refractivity contribution in [3.63, 3.8) is 0 Å². The minimum atomic E-state index is -0.293. The summed E-state index contributed by atoms with van der Waals surface area (Å²) < 4.78 is 0. The van der Waals surface area contributed by atoms with Crippen LogP contribution in [-0.4, -0.2) is 29.8 Å². The summed E-state index contributed by atoms with van der Waals surface area (Å²) in [5, 5.41) is 0. The van der Waals surface area contributed by atoms with Gasteiger partial charge in [0.15, 0.2) is 5.78 Å². The molecular formula is C18H25NO. The standard InChI is InChI=1S/C18H25NO/c1-18(2,17(20)15-6-4-3-5-7-15)13-19(16-10-11-16)12-14-8-9-14/h3-7,14,16H,8-13H2,1-2H3. The van der Waals surface area contributed by atoms with Gasteiger partial charge in [-0.05, 0) is 31.6 Å². The number of hydrogen-bond acceptors (Lipinski definition) is 2. The molecule has 0 atom stereocenters. The predicted molar refractivity (Wildman–Crippen MR) is 81.9 cm³/mol. The summed E-state index contributed by atoms with van der Waals surface area (Å²) in [7, 11) is 0. The molecular weight excluding hydrogens is 246 g/mol. The lowest BCUT2D eigenvalue weighted by Crippen LogP contribution is -2.41. The van der Waals surface area contributed by atoms with Crippen LogP contribution in [-0.2, 0) is 0 Å². The molecule has 2 nitrogen and oxygen atoms in total. The monoisotopic (exact) mass is 271 g/mol. The fourth-order valence-electron chi connectivity index (χ4n) is 2.97. The second kappa shape index (κ2) is 5.33. The van der Waals surface area contributed by atoms with Crippen molar-refractivity contribution in [1.29, 1.82) is 0 Å². The normalized spacial score (nSPS) is 19.4. The van der Waals surface area contributed by atoms with Crippen LogP contribution in [0.25, 0.3) is 0 Å². The number of carbonyl (C=O) groups excluding carboxylic acids is 1. The highest BCUT2D eigenvalue weighted by Crippen LogP contribution is 2.37. The molecule has 0 heterocycles. The summed E-state index contributed by atoms with van der Waals surface area (Å²) in [6, 6.07) is 10.5. The van der Waals surface area contributed by atoms with Crippen LogP contribution in [0.2, 0.25) is 0 Å². The van der Waals surface area contributed by atoms with Crippen LogP contribution in [0.1, 0.15) is 49.9 Å². The number of carbonyl (C=O) groups is 1. The average molecular weight is 271 g/mol. The SMILES string of the molecule is CC(C)(CN(CC1CC1)C1CC1)C(=O)c1ccccc1. The molecule has 2 aliphatic carbocycles. The van der Waals surface area contributed by atoms with Gasteiger partial charge in [-0.2, -0.15) is 0 Å². The summed E-state index contributed by atoms with van der Waals surface area (Å²) in [6.07, 6.45) is 5.41. The molecule has 20 heavy (non-hydrogen) atoms. The van der Waals surface area contributed by atoms with E-state index in [9.17, 15) is 4.79 Å². The molecule has 2 aliphatic rings. The average Bonchev–Trinajstić information content (AvgIpc) is 3.29. The number of rotatable bonds is 7. The molecule has 0 radical (unpaired) electrons. The minimum absolute atomic E-state index is 0.277. The second-order valence-corrected chi connectivity index (χ2v) is 7.18. The Morgan fingerprint density at radius 2 is 1.80 bits per heavy atom. The van der Waals surface area contributed by atoms with E-state index in [0.717, 1.165) is 24.1 Å². The Morgan fingerprint density at radius 1 is 1.15 bits per heavy atom. The first kappa shape index (κ1) is 13.8. The van der Waals surface area contributed by atoms with E-state index in [-0.39, 0.29) is 11.2 Å². The first-order chi connectivity index (χ1) is 9.56. The number of benzene rings is 1. The maximum absolute atomic E-state index is 12.7. The maximum atomic E-state index is 12.7. The van der Waals surface area contributed by atoms with Crippen molar-refractivity contribution in [1.82, 2.24) is 4.90 Å². The molecule has 0 aliphatic heterocycles. The predicted octanol–water partition coefficient (Wildman–Crippen LogP) is 3.77. The van der Waals surface area contributed by atoms with Gasteiger partial charge in [0.2, 0.25) is 0 Å². The third kappa shape index (κ3) is 3.29. The van der Waals surface area contributed by atoms with E-state index in [1.807, 2.05) is 30.3 Å². The lowest BCUT2D eigenvalue weighted by atomic mass is 9.83. The zero-order chi connectivity index (χ0) is 14.2. The lowest BCUT2D eigenvalue weighted by Gasteiger charge is -2.32. The highest BCUT2D eigenvalue weighted by molar-refractivity contribution is 6.00. The van der Waals surface area contributed by atoms with Gasteiger partial charge in [0.1, 0.15) is 0 Å². The lowest BCUT2D eigenvalue weighted by molar-refractivity contribution is 0.0751. The van der Waals surface area contributed by atoms with Crippen LogP contribution < -0.4 is 0 Å². The smallest absolute Gasteiger partial charge is 0.169 e. The molecule has 2 fully saturated rings. The van der Waals surface area contributed by atoms with Gasteiger partial charge in [0.05, 0.1) is 0 Å². The van der Waals surface area contributed by atoms with E-state index in [1.165, 1.54) is 32.2 Å². The Hall–Kier alpha value is -1.15. The first-order valence-electron chi connectivity index (χ1n) is 7.90. The van der Waals surface area contributed by atoms with E-state index >= 15 is 0 Å². The molecule has 0 amide bonds. The van der Waals surface area contributed by atoms with Gasteiger partial charge >= 0.3 is 0 Å². The first-order valence-corrected chi connectivity index (χ1v) is 7.90. The van der Waals surface area contributed by atoms with E-state index < -0.39 is 0 Å². The van der Waals surface area contributed by atoms with Gasteiger partial charge in [0.25, 0.3) is 0 Å². The summed E-state index contributed by atoms with van der Waals surface area (Å²) in [4.78, 5) is 15.3.